The third-order valence-electron chi connectivity index (χ3n) is 1.80. The second kappa shape index (κ2) is 6.48. The van der Waals surface area contributed by atoms with Crippen molar-refractivity contribution in [2.45, 2.75) is 27.2 Å². The minimum Gasteiger partial charge on any atom is -0.339 e. The first-order valence-corrected chi connectivity index (χ1v) is 4.96. The van der Waals surface area contributed by atoms with Gasteiger partial charge in [-0.1, -0.05) is 0 Å². The molecule has 0 heterocycles. The van der Waals surface area contributed by atoms with E-state index in [1.807, 2.05) is 0 Å². The van der Waals surface area contributed by atoms with Gasteiger partial charge in [0.25, 0.3) is 5.91 Å². The quantitative estimate of drug-likeness (QED) is 0.476. The van der Waals surface area contributed by atoms with Crippen LogP contribution in [-0.4, -0.2) is 46.6 Å². The Morgan fingerprint density at radius 2 is 1.33 bits per heavy atom. The summed E-state index contributed by atoms with van der Waals surface area (Å²) in [6.45, 7) is 3.14. The van der Waals surface area contributed by atoms with E-state index < -0.39 is 36.0 Å². The van der Waals surface area contributed by atoms with Crippen LogP contribution < -0.4 is 0 Å². The molecule has 0 fully saturated rings. The van der Waals surface area contributed by atoms with Gasteiger partial charge in [-0.3, -0.25) is 24.0 Å². The van der Waals surface area contributed by atoms with E-state index in [1.54, 1.807) is 0 Å². The summed E-state index contributed by atoms with van der Waals surface area (Å²) in [6, 6.07) is 0. The Bertz CT molecular complexity index is 389. The molecule has 0 bridgehead atoms. The normalized spacial score (nSPS) is 9.33. The highest BCUT2D eigenvalue weighted by molar-refractivity contribution is 6.13. The van der Waals surface area contributed by atoms with Gasteiger partial charge in [0.2, 0.25) is 17.7 Å². The SMILES string of the molecule is CC(=O)ON(C)C(=O)CC(=O)N(C(C)=O)C(C)=O. The summed E-state index contributed by atoms with van der Waals surface area (Å²) < 4.78 is 0. The lowest BCUT2D eigenvalue weighted by Crippen LogP contribution is -2.42. The largest absolute Gasteiger partial charge is 0.339 e. The zero-order chi connectivity index (χ0) is 14.5. The van der Waals surface area contributed by atoms with E-state index in [4.69, 9.17) is 0 Å². The van der Waals surface area contributed by atoms with E-state index in [9.17, 15) is 24.0 Å². The zero-order valence-corrected chi connectivity index (χ0v) is 10.6. The topological polar surface area (TPSA) is 101 Å². The summed E-state index contributed by atoms with van der Waals surface area (Å²) in [5.74, 6) is -4.11. The number of imide groups is 3. The third kappa shape index (κ3) is 4.73. The smallest absolute Gasteiger partial charge is 0.329 e. The molecule has 0 radical (unpaired) electrons. The number of hydrogen-bond acceptors (Lipinski definition) is 6. The first-order chi connectivity index (χ1) is 8.16. The minimum absolute atomic E-state index is 0.347. The summed E-state index contributed by atoms with van der Waals surface area (Å²) in [5.41, 5.74) is 0. The predicted octanol–water partition coefficient (Wildman–Crippen LogP) is -0.765. The van der Waals surface area contributed by atoms with Crippen molar-refractivity contribution < 1.29 is 28.8 Å². The van der Waals surface area contributed by atoms with E-state index in [-0.39, 0.29) is 0 Å². The lowest BCUT2D eigenvalue weighted by atomic mass is 10.3. The Labute approximate surface area is 103 Å². The molecule has 4 amide bonds. The number of carbonyl (C=O) groups is 5. The van der Waals surface area contributed by atoms with Gasteiger partial charge in [0, 0.05) is 27.8 Å². The summed E-state index contributed by atoms with van der Waals surface area (Å²) in [4.78, 5) is 60.3. The highest BCUT2D eigenvalue weighted by Crippen LogP contribution is 2.00. The lowest BCUT2D eigenvalue weighted by molar-refractivity contribution is -0.191. The lowest BCUT2D eigenvalue weighted by Gasteiger charge is -2.18. The molecule has 0 rings (SSSR count). The molecular weight excluding hydrogens is 244 g/mol. The first-order valence-electron chi connectivity index (χ1n) is 4.96. The van der Waals surface area contributed by atoms with Crippen molar-refractivity contribution in [3.05, 3.63) is 0 Å². The van der Waals surface area contributed by atoms with E-state index in [0.717, 1.165) is 27.8 Å². The number of amides is 4. The minimum atomic E-state index is -0.973. The van der Waals surface area contributed by atoms with E-state index in [2.05, 4.69) is 4.84 Å². The van der Waals surface area contributed by atoms with Crippen molar-refractivity contribution in [1.82, 2.24) is 9.96 Å². The maximum Gasteiger partial charge on any atom is 0.329 e. The fourth-order valence-electron chi connectivity index (χ4n) is 1.14. The molecule has 0 aromatic heterocycles. The van der Waals surface area contributed by atoms with Gasteiger partial charge in [0.15, 0.2) is 0 Å². The van der Waals surface area contributed by atoms with Crippen molar-refractivity contribution in [3.63, 3.8) is 0 Å². The van der Waals surface area contributed by atoms with Gasteiger partial charge in [-0.05, 0) is 0 Å². The van der Waals surface area contributed by atoms with Crippen LogP contribution in [0.4, 0.5) is 0 Å². The Hall–Kier alpha value is -2.25. The average molecular weight is 258 g/mol. The first kappa shape index (κ1) is 15.8. The molecule has 8 heteroatoms. The zero-order valence-electron chi connectivity index (χ0n) is 10.6. The van der Waals surface area contributed by atoms with Crippen LogP contribution in [0.15, 0.2) is 0 Å². The van der Waals surface area contributed by atoms with Gasteiger partial charge >= 0.3 is 5.97 Å². The third-order valence-corrected chi connectivity index (χ3v) is 1.80. The molecule has 8 nitrogen and oxygen atoms in total. The summed E-state index contributed by atoms with van der Waals surface area (Å²) >= 11 is 0. The summed E-state index contributed by atoms with van der Waals surface area (Å²) in [7, 11) is 1.14. The molecule has 0 aliphatic heterocycles. The number of rotatable bonds is 2. The molecular formula is C10H14N2O6. The van der Waals surface area contributed by atoms with Crippen LogP contribution in [0, 0.1) is 0 Å². The number of hydrogen-bond donors (Lipinski definition) is 0. The Kier molecular flexibility index (Phi) is 5.67. The average Bonchev–Trinajstić information content (AvgIpc) is 2.14. The van der Waals surface area contributed by atoms with Crippen LogP contribution in [0.25, 0.3) is 0 Å². The van der Waals surface area contributed by atoms with E-state index >= 15 is 0 Å². The van der Waals surface area contributed by atoms with Crippen LogP contribution in [0.1, 0.15) is 27.2 Å². The maximum absolute atomic E-state index is 11.5. The molecule has 0 saturated heterocycles. The second-order valence-corrected chi connectivity index (χ2v) is 3.42. The van der Waals surface area contributed by atoms with Crippen molar-refractivity contribution in [2.24, 2.45) is 0 Å². The summed E-state index contributed by atoms with van der Waals surface area (Å²) in [6.07, 6.45) is -0.747. The van der Waals surface area contributed by atoms with Crippen LogP contribution in [0.3, 0.4) is 0 Å². The van der Waals surface area contributed by atoms with Gasteiger partial charge in [-0.25, -0.2) is 4.90 Å². The van der Waals surface area contributed by atoms with E-state index in [1.165, 1.54) is 0 Å². The number of nitrogens with zero attached hydrogens (tertiary/aromatic N) is 2. The van der Waals surface area contributed by atoms with Gasteiger partial charge in [0.05, 0.1) is 0 Å². The molecule has 0 saturated carbocycles. The highest BCUT2D eigenvalue weighted by atomic mass is 16.7. The summed E-state index contributed by atoms with van der Waals surface area (Å²) in [5, 5.41) is 0.568. The van der Waals surface area contributed by atoms with Crippen LogP contribution in [-0.2, 0) is 28.8 Å². The Morgan fingerprint density at radius 1 is 0.889 bits per heavy atom. The number of hydroxylamine groups is 2. The van der Waals surface area contributed by atoms with Gasteiger partial charge in [0.1, 0.15) is 6.42 Å². The Balaban J connectivity index is 4.64. The fourth-order valence-corrected chi connectivity index (χ4v) is 1.14. The molecule has 100 valence electrons. The van der Waals surface area contributed by atoms with Gasteiger partial charge < -0.3 is 4.84 Å². The Morgan fingerprint density at radius 3 is 1.67 bits per heavy atom. The van der Waals surface area contributed by atoms with E-state index in [0.29, 0.717) is 9.96 Å². The van der Waals surface area contributed by atoms with Crippen molar-refractivity contribution >= 4 is 29.6 Å². The highest BCUT2D eigenvalue weighted by Gasteiger charge is 2.26. The standard InChI is InChI=1S/C10H14N2O6/c1-6(13)12(7(2)14)10(17)5-9(16)11(4)18-8(3)15/h5H2,1-4H3. The van der Waals surface area contributed by atoms with Crippen LogP contribution in [0.2, 0.25) is 0 Å². The maximum atomic E-state index is 11.5. The monoisotopic (exact) mass is 258 g/mol. The molecule has 0 aliphatic carbocycles. The second-order valence-electron chi connectivity index (χ2n) is 3.42. The van der Waals surface area contributed by atoms with Crippen molar-refractivity contribution in [3.8, 4) is 0 Å². The molecule has 0 atom stereocenters. The molecule has 0 N–H and O–H groups in total. The number of carbonyl (C=O) groups excluding carboxylic acids is 5. The van der Waals surface area contributed by atoms with Gasteiger partial charge in [-0.15, -0.1) is 0 Å². The predicted molar refractivity (Wildman–Crippen MR) is 57.4 cm³/mol. The molecule has 0 aromatic carbocycles. The van der Waals surface area contributed by atoms with Gasteiger partial charge in [-0.2, -0.15) is 5.06 Å². The molecule has 0 aliphatic rings. The molecule has 18 heavy (non-hydrogen) atoms. The molecule has 0 aromatic rings. The molecule has 0 unspecified atom stereocenters. The van der Waals surface area contributed by atoms with Crippen LogP contribution in [0.5, 0.6) is 0 Å². The van der Waals surface area contributed by atoms with Crippen molar-refractivity contribution in [1.29, 1.82) is 0 Å². The molecule has 0 spiro atoms. The fraction of sp³-hybridized carbons (Fsp3) is 0.500. The van der Waals surface area contributed by atoms with Crippen LogP contribution >= 0.6 is 0 Å². The van der Waals surface area contributed by atoms with Crippen molar-refractivity contribution in [2.75, 3.05) is 7.05 Å².